The lowest BCUT2D eigenvalue weighted by Crippen LogP contribution is -2.40. The molecule has 3 N–H and O–H groups in total. The van der Waals surface area contributed by atoms with Crippen molar-refractivity contribution in [3.05, 3.63) is 36.6 Å². The number of hydrogen-bond donors (Lipinski definition) is 3. The van der Waals surface area contributed by atoms with Crippen molar-refractivity contribution in [3.63, 3.8) is 0 Å². The number of nitrogens with zero attached hydrogens (tertiary/aromatic N) is 1. The number of rotatable bonds is 2. The molecule has 1 aliphatic rings. The summed E-state index contributed by atoms with van der Waals surface area (Å²) in [6.07, 6.45) is 3.04. The van der Waals surface area contributed by atoms with E-state index in [4.69, 9.17) is 0 Å². The van der Waals surface area contributed by atoms with E-state index in [2.05, 4.69) is 25.6 Å². The van der Waals surface area contributed by atoms with Crippen LogP contribution in [0.5, 0.6) is 0 Å². The van der Waals surface area contributed by atoms with E-state index in [1.807, 2.05) is 24.3 Å². The van der Waals surface area contributed by atoms with Gasteiger partial charge in [0.05, 0.1) is 11.0 Å². The molecule has 2 heterocycles. The molecular formula is C11H10N4O2. The minimum Gasteiger partial charge on any atom is -0.388 e. The van der Waals surface area contributed by atoms with E-state index < -0.39 is 6.04 Å². The van der Waals surface area contributed by atoms with Crippen molar-refractivity contribution in [3.8, 4) is 0 Å². The summed E-state index contributed by atoms with van der Waals surface area (Å²) in [6.45, 7) is 0. The molecule has 6 heteroatoms. The van der Waals surface area contributed by atoms with Gasteiger partial charge in [-0.3, -0.25) is 4.79 Å². The van der Waals surface area contributed by atoms with Gasteiger partial charge in [0.15, 0.2) is 0 Å². The highest BCUT2D eigenvalue weighted by molar-refractivity contribution is 5.86. The molecule has 1 aromatic carbocycles. The molecule has 1 aliphatic heterocycles. The van der Waals surface area contributed by atoms with Crippen LogP contribution in [0.4, 0.5) is 5.95 Å². The maximum atomic E-state index is 11.4. The second kappa shape index (κ2) is 3.82. The maximum Gasteiger partial charge on any atom is 0.279 e. The lowest BCUT2D eigenvalue weighted by Gasteiger charge is -2.16. The molecule has 0 spiro atoms. The Morgan fingerprint density at radius 3 is 3.06 bits per heavy atom. The van der Waals surface area contributed by atoms with E-state index in [0.29, 0.717) is 5.95 Å². The quantitative estimate of drug-likeness (QED) is 0.716. The fourth-order valence-electron chi connectivity index (χ4n) is 1.64. The van der Waals surface area contributed by atoms with Crippen LogP contribution in [0.2, 0.25) is 0 Å². The summed E-state index contributed by atoms with van der Waals surface area (Å²) in [5.41, 5.74) is 4.03. The summed E-state index contributed by atoms with van der Waals surface area (Å²) >= 11 is 0. The lowest BCUT2D eigenvalue weighted by atomic mass is 10.3. The Hall–Kier alpha value is -2.50. The molecule has 0 saturated heterocycles. The molecule has 1 unspecified atom stereocenters. The molecule has 0 fully saturated rings. The monoisotopic (exact) mass is 230 g/mol. The van der Waals surface area contributed by atoms with Gasteiger partial charge in [0.1, 0.15) is 12.3 Å². The highest BCUT2D eigenvalue weighted by Gasteiger charge is 2.19. The third-order valence-corrected chi connectivity index (χ3v) is 2.46. The van der Waals surface area contributed by atoms with Crippen LogP contribution in [0.1, 0.15) is 0 Å². The Kier molecular flexibility index (Phi) is 2.18. The first-order chi connectivity index (χ1) is 8.33. The highest BCUT2D eigenvalue weighted by atomic mass is 16.6. The van der Waals surface area contributed by atoms with Crippen LogP contribution in [0.15, 0.2) is 36.6 Å². The Morgan fingerprint density at radius 1 is 1.35 bits per heavy atom. The van der Waals surface area contributed by atoms with E-state index >= 15 is 0 Å². The van der Waals surface area contributed by atoms with Gasteiger partial charge in [-0.05, 0) is 18.2 Å². The summed E-state index contributed by atoms with van der Waals surface area (Å²) in [4.78, 5) is 23.5. The van der Waals surface area contributed by atoms with Gasteiger partial charge >= 0.3 is 0 Å². The molecule has 0 bridgehead atoms. The number of fused-ring (bicyclic) bond motifs is 1. The van der Waals surface area contributed by atoms with Gasteiger partial charge in [0.25, 0.3) is 5.91 Å². The Bertz CT molecular complexity index is 557. The molecule has 2 aromatic rings. The van der Waals surface area contributed by atoms with Crippen LogP contribution in [-0.4, -0.2) is 21.9 Å². The molecule has 0 aliphatic carbocycles. The molecule has 0 saturated carbocycles. The average molecular weight is 230 g/mol. The number of aromatic amines is 1. The van der Waals surface area contributed by atoms with Gasteiger partial charge in [-0.15, -0.1) is 0 Å². The number of imidazole rings is 1. The van der Waals surface area contributed by atoms with E-state index in [0.717, 1.165) is 11.0 Å². The minimum atomic E-state index is -0.482. The number of para-hydroxylation sites is 2. The SMILES string of the molecule is O=C1NOC=CC1Nc1nc2ccccc2[nH]1. The summed E-state index contributed by atoms with van der Waals surface area (Å²) < 4.78 is 0. The number of amides is 1. The second-order valence-electron chi connectivity index (χ2n) is 3.64. The van der Waals surface area contributed by atoms with Gasteiger partial charge in [-0.25, -0.2) is 4.98 Å². The molecule has 3 rings (SSSR count). The summed E-state index contributed by atoms with van der Waals surface area (Å²) in [5.74, 6) is 0.297. The van der Waals surface area contributed by atoms with Crippen molar-refractivity contribution >= 4 is 22.9 Å². The van der Waals surface area contributed by atoms with E-state index in [1.165, 1.54) is 6.26 Å². The number of hydrogen-bond acceptors (Lipinski definition) is 4. The van der Waals surface area contributed by atoms with Crippen molar-refractivity contribution in [2.75, 3.05) is 5.32 Å². The van der Waals surface area contributed by atoms with Crippen LogP contribution >= 0.6 is 0 Å². The molecule has 1 amide bonds. The normalized spacial score (nSPS) is 18.8. The van der Waals surface area contributed by atoms with Crippen molar-refractivity contribution in [1.29, 1.82) is 0 Å². The minimum absolute atomic E-state index is 0.257. The molecule has 0 radical (unpaired) electrons. The Morgan fingerprint density at radius 2 is 2.24 bits per heavy atom. The van der Waals surface area contributed by atoms with Crippen molar-refractivity contribution in [2.24, 2.45) is 0 Å². The molecule has 1 atom stereocenters. The van der Waals surface area contributed by atoms with Crippen molar-refractivity contribution < 1.29 is 9.63 Å². The van der Waals surface area contributed by atoms with Gasteiger partial charge < -0.3 is 15.1 Å². The fourth-order valence-corrected chi connectivity index (χ4v) is 1.64. The Balaban J connectivity index is 1.87. The number of carbonyl (C=O) groups excluding carboxylic acids is 1. The molecular weight excluding hydrogens is 220 g/mol. The fraction of sp³-hybridized carbons (Fsp3) is 0.0909. The molecule has 1 aromatic heterocycles. The molecule has 86 valence electrons. The first-order valence-electron chi connectivity index (χ1n) is 5.16. The largest absolute Gasteiger partial charge is 0.388 e. The van der Waals surface area contributed by atoms with Gasteiger partial charge in [0, 0.05) is 0 Å². The number of anilines is 1. The van der Waals surface area contributed by atoms with Crippen LogP contribution in [0.25, 0.3) is 11.0 Å². The van der Waals surface area contributed by atoms with Crippen molar-refractivity contribution in [1.82, 2.24) is 15.4 Å². The van der Waals surface area contributed by atoms with E-state index in [9.17, 15) is 4.79 Å². The predicted octanol–water partition coefficient (Wildman–Crippen LogP) is 0.918. The van der Waals surface area contributed by atoms with Gasteiger partial charge in [0.2, 0.25) is 5.95 Å². The van der Waals surface area contributed by atoms with Crippen LogP contribution < -0.4 is 10.8 Å². The number of carbonyl (C=O) groups is 1. The smallest absolute Gasteiger partial charge is 0.279 e. The van der Waals surface area contributed by atoms with Crippen LogP contribution in [-0.2, 0) is 9.63 Å². The molecule has 17 heavy (non-hydrogen) atoms. The predicted molar refractivity (Wildman–Crippen MR) is 61.9 cm³/mol. The number of aromatic nitrogens is 2. The first kappa shape index (κ1) is 9.71. The topological polar surface area (TPSA) is 79.0 Å². The summed E-state index contributed by atoms with van der Waals surface area (Å²) in [7, 11) is 0. The zero-order chi connectivity index (χ0) is 11.7. The number of benzene rings is 1. The van der Waals surface area contributed by atoms with Crippen LogP contribution in [0.3, 0.4) is 0 Å². The second-order valence-corrected chi connectivity index (χ2v) is 3.64. The first-order valence-corrected chi connectivity index (χ1v) is 5.16. The third kappa shape index (κ3) is 1.80. The summed E-state index contributed by atoms with van der Waals surface area (Å²) in [6, 6.07) is 7.17. The van der Waals surface area contributed by atoms with E-state index in [-0.39, 0.29) is 5.91 Å². The molecule has 6 nitrogen and oxygen atoms in total. The van der Waals surface area contributed by atoms with Crippen molar-refractivity contribution in [2.45, 2.75) is 6.04 Å². The third-order valence-electron chi connectivity index (χ3n) is 2.46. The number of hydroxylamine groups is 1. The van der Waals surface area contributed by atoms with Gasteiger partial charge in [-0.1, -0.05) is 12.1 Å². The van der Waals surface area contributed by atoms with Gasteiger partial charge in [-0.2, -0.15) is 5.48 Å². The van der Waals surface area contributed by atoms with E-state index in [1.54, 1.807) is 6.08 Å². The Labute approximate surface area is 96.6 Å². The lowest BCUT2D eigenvalue weighted by molar-refractivity contribution is -0.130. The summed E-state index contributed by atoms with van der Waals surface area (Å²) in [5, 5.41) is 2.97. The maximum absolute atomic E-state index is 11.4. The number of nitrogens with one attached hydrogen (secondary N) is 3. The number of H-pyrrole nitrogens is 1. The zero-order valence-corrected chi connectivity index (χ0v) is 8.81. The standard InChI is InChI=1S/C11H10N4O2/c16-10-9(5-6-17-15-10)14-11-12-7-3-1-2-4-8(7)13-11/h1-6,9H,(H,15,16)(H2,12,13,14). The highest BCUT2D eigenvalue weighted by Crippen LogP contribution is 2.14. The van der Waals surface area contributed by atoms with Crippen LogP contribution in [0, 0.1) is 0 Å². The average Bonchev–Trinajstić information content (AvgIpc) is 2.74. The zero-order valence-electron chi connectivity index (χ0n) is 8.81.